The summed E-state index contributed by atoms with van der Waals surface area (Å²) in [6.07, 6.45) is 11.5. The van der Waals surface area contributed by atoms with Crippen LogP contribution in [0.4, 0.5) is 40.2 Å². The van der Waals surface area contributed by atoms with Gasteiger partial charge in [0.25, 0.3) is 41.4 Å². The molecule has 7 aromatic heterocycles. The number of aromatic nitrogens is 10. The molecule has 0 aromatic carbocycles. The first-order chi connectivity index (χ1) is 42.2. The van der Waals surface area contributed by atoms with Crippen molar-refractivity contribution in [2.75, 3.05) is 84.0 Å². The molecular weight excluding hydrogens is 1160 g/mol. The van der Waals surface area contributed by atoms with Gasteiger partial charge in [0.05, 0.1) is 22.7 Å². The van der Waals surface area contributed by atoms with E-state index in [9.17, 15) is 52.7 Å². The van der Waals surface area contributed by atoms with Crippen LogP contribution in [0.5, 0.6) is 0 Å². The van der Waals surface area contributed by atoms with Crippen molar-refractivity contribution < 1.29 is 52.7 Å². The zero-order valence-corrected chi connectivity index (χ0v) is 50.8. The Bertz CT molecular complexity index is 3850. The summed E-state index contributed by atoms with van der Waals surface area (Å²) in [5.74, 6) is -5.17. The van der Waals surface area contributed by atoms with Gasteiger partial charge in [0, 0.05) is 145 Å². The van der Waals surface area contributed by atoms with Crippen molar-refractivity contribution >= 4 is 105 Å². The molecule has 11 amide bonds. The van der Waals surface area contributed by atoms with Gasteiger partial charge in [0.2, 0.25) is 41.1 Å². The molecule has 0 fully saturated rings. The average Bonchev–Trinajstić information content (AvgIpc) is 1.96. The molecule has 33 nitrogen and oxygen atoms in total. The quantitative estimate of drug-likeness (QED) is 0.0308. The van der Waals surface area contributed by atoms with Crippen molar-refractivity contribution in [1.29, 1.82) is 0 Å². The molecule has 0 saturated carbocycles. The molecule has 0 unspecified atom stereocenters. The van der Waals surface area contributed by atoms with E-state index in [1.54, 1.807) is 72.5 Å². The number of amides is 11. The van der Waals surface area contributed by atoms with E-state index >= 15 is 0 Å². The van der Waals surface area contributed by atoms with E-state index in [-0.39, 0.29) is 126 Å². The minimum atomic E-state index is -0.671. The van der Waals surface area contributed by atoms with Gasteiger partial charge >= 0.3 is 0 Å². The Kier molecular flexibility index (Phi) is 21.6. The molecule has 33 heteroatoms. The second-order valence-corrected chi connectivity index (χ2v) is 21.1. The summed E-state index contributed by atoms with van der Waals surface area (Å²) in [6.45, 7) is 2.86. The third-order valence-electron chi connectivity index (χ3n) is 13.3. The highest BCUT2D eigenvalue weighted by atomic mass is 16.2. The first-order valence-electron chi connectivity index (χ1n) is 27.9. The molecule has 0 aliphatic carbocycles. The SMILES string of the molecule is CC(=O)Nc1cc(C(=O)Nc2cc(C(=O)Nc3cn(C)c(C(=O)Nc4cc(C(=O)NCCCC(=O)Nc5cc(C(=O)NCCC(=O)Nc6cn(C)c(C(=O)Nc7cn(C)c(C(=O)NCCC(=O)NCCCN(C)C)n7)n6)n(C)c5)n(C)c4)n3)n(C)c2)n(C)c1. The molecule has 0 spiro atoms. The van der Waals surface area contributed by atoms with E-state index in [0.29, 0.717) is 23.6 Å². The molecule has 7 aromatic rings. The fourth-order valence-corrected chi connectivity index (χ4v) is 9.02. The summed E-state index contributed by atoms with van der Waals surface area (Å²) in [6, 6.07) is 5.93. The Labute approximate surface area is 509 Å². The van der Waals surface area contributed by atoms with Gasteiger partial charge in [-0.05, 0) is 57.7 Å². The first-order valence-corrected chi connectivity index (χ1v) is 27.9. The highest BCUT2D eigenvalue weighted by Gasteiger charge is 2.24. The summed E-state index contributed by atoms with van der Waals surface area (Å²) >= 11 is 0. The van der Waals surface area contributed by atoms with Gasteiger partial charge in [-0.3, -0.25) is 52.7 Å². The van der Waals surface area contributed by atoms with Crippen LogP contribution in [0.25, 0.3) is 0 Å². The standard InChI is InChI=1S/C56H72N22O11/c1-32(79)61-33-21-39(74(6)25-33)52(85)63-35-24-40(75(7)27-35)53(86)69-42-30-78(10)48(68-42)55(88)64-36-23-38(73(5)28-36)50(83)58-16-11-13-45(81)62-34-22-37(72(4)26-34)51(84)59-19-15-46(82)65-41-29-77(9)49(66-41)56(89)70-43-31-76(8)47(67-43)54(87)60-18-14-44(80)57-17-12-20-71(2)3/h21-31H,11-20H2,1-10H3,(H,57,80)(H,58,83)(H,59,84)(H,60,87)(H,61,79)(H,62,81)(H,63,85)(H,64,88)(H,65,82)(H,69,86)(H,70,89). The van der Waals surface area contributed by atoms with Crippen LogP contribution >= 0.6 is 0 Å². The summed E-state index contributed by atoms with van der Waals surface area (Å²) < 4.78 is 10.3. The lowest BCUT2D eigenvalue weighted by molar-refractivity contribution is -0.121. The van der Waals surface area contributed by atoms with Crippen molar-refractivity contribution in [3.63, 3.8) is 0 Å². The lowest BCUT2D eigenvalue weighted by Gasteiger charge is -2.10. The number of hydrogen-bond acceptors (Lipinski definition) is 15. The highest BCUT2D eigenvalue weighted by molar-refractivity contribution is 6.08. The second-order valence-electron chi connectivity index (χ2n) is 21.1. The topological polar surface area (TPSA) is 397 Å². The molecule has 0 saturated heterocycles. The smallest absolute Gasteiger partial charge is 0.292 e. The number of carbonyl (C=O) groups is 11. The maximum absolute atomic E-state index is 13.4. The molecule has 89 heavy (non-hydrogen) atoms. The number of anilines is 7. The fourth-order valence-electron chi connectivity index (χ4n) is 9.02. The van der Waals surface area contributed by atoms with E-state index in [0.717, 1.165) is 13.0 Å². The van der Waals surface area contributed by atoms with Crippen LogP contribution in [0.1, 0.15) is 113 Å². The Balaban J connectivity index is 0.785. The minimum Gasteiger partial charge on any atom is -0.356 e. The lowest BCUT2D eigenvalue weighted by Crippen LogP contribution is -2.32. The van der Waals surface area contributed by atoms with E-state index in [1.165, 1.54) is 83.4 Å². The third-order valence-corrected chi connectivity index (χ3v) is 13.3. The fraction of sp³-hybridized carbons (Fsp3) is 0.357. The van der Waals surface area contributed by atoms with E-state index in [1.807, 2.05) is 19.0 Å². The number of nitrogens with one attached hydrogen (secondary N) is 11. The van der Waals surface area contributed by atoms with Crippen LogP contribution in [0, 0.1) is 0 Å². The van der Waals surface area contributed by atoms with E-state index in [2.05, 4.69) is 73.4 Å². The van der Waals surface area contributed by atoms with E-state index < -0.39 is 47.3 Å². The Morgan fingerprint density at radius 3 is 1.21 bits per heavy atom. The van der Waals surface area contributed by atoms with Gasteiger partial charge in [-0.2, -0.15) is 0 Å². The van der Waals surface area contributed by atoms with Gasteiger partial charge in [-0.25, -0.2) is 15.0 Å². The molecule has 0 aliphatic rings. The summed E-state index contributed by atoms with van der Waals surface area (Å²) in [5, 5.41) is 29.5. The van der Waals surface area contributed by atoms with Gasteiger partial charge in [0.15, 0.2) is 17.5 Å². The van der Waals surface area contributed by atoms with Crippen LogP contribution in [0.3, 0.4) is 0 Å². The largest absolute Gasteiger partial charge is 0.356 e. The second kappa shape index (κ2) is 29.3. The molecule has 0 radical (unpaired) electrons. The molecule has 0 aliphatic heterocycles. The maximum atomic E-state index is 13.4. The van der Waals surface area contributed by atoms with Crippen LogP contribution < -0.4 is 58.5 Å². The van der Waals surface area contributed by atoms with Crippen molar-refractivity contribution in [3.05, 3.63) is 108 Å². The highest BCUT2D eigenvalue weighted by Crippen LogP contribution is 2.21. The Morgan fingerprint density at radius 2 is 0.719 bits per heavy atom. The molecule has 0 atom stereocenters. The lowest BCUT2D eigenvalue weighted by atomic mass is 10.2. The van der Waals surface area contributed by atoms with Gasteiger partial charge < -0.3 is 95.4 Å². The van der Waals surface area contributed by atoms with Gasteiger partial charge in [0.1, 0.15) is 22.8 Å². The number of aryl methyl sites for hydroxylation is 7. The van der Waals surface area contributed by atoms with E-state index in [4.69, 9.17) is 0 Å². The van der Waals surface area contributed by atoms with Crippen molar-refractivity contribution in [2.24, 2.45) is 49.3 Å². The summed E-state index contributed by atoms with van der Waals surface area (Å²) in [5.41, 5.74) is 2.25. The van der Waals surface area contributed by atoms with Gasteiger partial charge in [-0.1, -0.05) is 0 Å². The van der Waals surface area contributed by atoms with Crippen LogP contribution in [0.15, 0.2) is 67.6 Å². The molecule has 0 bridgehead atoms. The van der Waals surface area contributed by atoms with Crippen molar-refractivity contribution in [3.8, 4) is 0 Å². The van der Waals surface area contributed by atoms with Crippen LogP contribution in [-0.4, -0.2) is 164 Å². The summed E-state index contributed by atoms with van der Waals surface area (Å²) in [4.78, 5) is 156. The Morgan fingerprint density at radius 1 is 0.360 bits per heavy atom. The third kappa shape index (κ3) is 18.0. The summed E-state index contributed by atoms with van der Waals surface area (Å²) in [7, 11) is 15.1. The Hall–Kier alpha value is -11.1. The first kappa shape index (κ1) is 65.4. The zero-order valence-electron chi connectivity index (χ0n) is 50.8. The number of nitrogens with zero attached hydrogens (tertiary/aromatic N) is 11. The van der Waals surface area contributed by atoms with Crippen molar-refractivity contribution in [2.45, 2.75) is 39.0 Å². The maximum Gasteiger partial charge on any atom is 0.292 e. The van der Waals surface area contributed by atoms with Crippen LogP contribution in [-0.2, 0) is 68.5 Å². The number of imidazole rings is 3. The molecule has 7 heterocycles. The number of rotatable bonds is 28. The average molecular weight is 1230 g/mol. The number of hydrogen-bond donors (Lipinski definition) is 11. The predicted molar refractivity (Wildman–Crippen MR) is 326 cm³/mol. The monoisotopic (exact) mass is 1230 g/mol. The molecule has 472 valence electrons. The molecular formula is C56H72N22O11. The zero-order chi connectivity index (χ0) is 64.8. The minimum absolute atomic E-state index is 0.000676. The molecule has 7 rings (SSSR count). The van der Waals surface area contributed by atoms with Gasteiger partial charge in [-0.15, -0.1) is 0 Å². The molecule has 11 N–H and O–H groups in total. The number of carbonyl (C=O) groups excluding carboxylic acids is 11. The predicted octanol–water partition coefficient (Wildman–Crippen LogP) is 1.30. The normalized spacial score (nSPS) is 11.0. The van der Waals surface area contributed by atoms with Crippen molar-refractivity contribution in [1.82, 2.24) is 73.1 Å². The van der Waals surface area contributed by atoms with Crippen LogP contribution in [0.2, 0.25) is 0 Å².